The van der Waals surface area contributed by atoms with Crippen LogP contribution in [0.15, 0.2) is 0 Å². The van der Waals surface area contributed by atoms with Crippen LogP contribution in [-0.4, -0.2) is 3.92 Å². The lowest BCUT2D eigenvalue weighted by molar-refractivity contribution is 0.485. The van der Waals surface area contributed by atoms with E-state index in [0.29, 0.717) is 0 Å². The summed E-state index contributed by atoms with van der Waals surface area (Å²) in [7, 11) is 0. The summed E-state index contributed by atoms with van der Waals surface area (Å²) in [6.07, 6.45) is 5.92. The first-order valence-corrected chi connectivity index (χ1v) is 5.57. The highest BCUT2D eigenvalue weighted by atomic mass is 127. The fourth-order valence-electron chi connectivity index (χ4n) is 2.00. The van der Waals surface area contributed by atoms with Crippen LogP contribution in [0, 0.1) is 11.8 Å². The number of rotatable bonds is 2. The van der Waals surface area contributed by atoms with E-state index in [0.717, 1.165) is 15.8 Å². The van der Waals surface area contributed by atoms with E-state index in [9.17, 15) is 0 Å². The lowest BCUT2D eigenvalue weighted by Gasteiger charge is -2.10. The normalized spacial score (nSPS) is 36.3. The summed E-state index contributed by atoms with van der Waals surface area (Å²) in [5.74, 6) is 2.07. The number of alkyl halides is 1. The molecule has 0 aromatic heterocycles. The quantitative estimate of drug-likeness (QED) is 0.520. The molecule has 0 spiro atoms. The van der Waals surface area contributed by atoms with Gasteiger partial charge in [-0.15, -0.1) is 0 Å². The van der Waals surface area contributed by atoms with Gasteiger partial charge in [0.25, 0.3) is 0 Å². The fraction of sp³-hybridized carbons (Fsp3) is 1.00. The van der Waals surface area contributed by atoms with Gasteiger partial charge in [-0.1, -0.05) is 49.3 Å². The van der Waals surface area contributed by atoms with Crippen LogP contribution in [0.3, 0.4) is 0 Å². The molecule has 0 saturated heterocycles. The van der Waals surface area contributed by atoms with E-state index in [1.807, 2.05) is 0 Å². The molecule has 0 amide bonds. The number of halogens is 1. The van der Waals surface area contributed by atoms with Gasteiger partial charge in [0.1, 0.15) is 0 Å². The van der Waals surface area contributed by atoms with Crippen molar-refractivity contribution in [3.63, 3.8) is 0 Å². The second-order valence-electron chi connectivity index (χ2n) is 3.80. The van der Waals surface area contributed by atoms with Crippen LogP contribution in [0.25, 0.3) is 0 Å². The maximum atomic E-state index is 2.54. The maximum absolute atomic E-state index is 2.54. The van der Waals surface area contributed by atoms with Crippen LogP contribution >= 0.6 is 22.6 Å². The molecule has 0 bridgehead atoms. The summed E-state index contributed by atoms with van der Waals surface area (Å²) in [6.45, 7) is 4.71. The van der Waals surface area contributed by atoms with E-state index < -0.39 is 0 Å². The topological polar surface area (TPSA) is 0 Å². The number of hydrogen-bond donors (Lipinski definition) is 0. The second-order valence-corrected chi connectivity index (χ2v) is 5.93. The molecule has 60 valence electrons. The van der Waals surface area contributed by atoms with E-state index in [4.69, 9.17) is 0 Å². The average molecular weight is 252 g/mol. The molecule has 1 saturated carbocycles. The first-order valence-electron chi connectivity index (χ1n) is 4.32. The predicted molar refractivity (Wildman–Crippen MR) is 54.6 cm³/mol. The third-order valence-electron chi connectivity index (χ3n) is 2.46. The molecular weight excluding hydrogens is 235 g/mol. The molecule has 3 atom stereocenters. The Morgan fingerprint density at radius 1 is 1.50 bits per heavy atom. The van der Waals surface area contributed by atoms with Gasteiger partial charge < -0.3 is 0 Å². The fourth-order valence-corrected chi connectivity index (χ4v) is 2.72. The van der Waals surface area contributed by atoms with E-state index in [1.54, 1.807) is 0 Å². The summed E-state index contributed by atoms with van der Waals surface area (Å²) in [5, 5.41) is 0. The molecule has 2 unspecified atom stereocenters. The van der Waals surface area contributed by atoms with Gasteiger partial charge in [0.2, 0.25) is 0 Å². The highest BCUT2D eigenvalue weighted by Gasteiger charge is 2.21. The Kier molecular flexibility index (Phi) is 3.47. The molecule has 0 nitrogen and oxygen atoms in total. The largest absolute Gasteiger partial charge is 0.0829 e. The van der Waals surface area contributed by atoms with Crippen molar-refractivity contribution in [3.05, 3.63) is 0 Å². The van der Waals surface area contributed by atoms with E-state index in [-0.39, 0.29) is 0 Å². The average Bonchev–Trinajstić information content (AvgIpc) is 2.13. The molecule has 0 aromatic rings. The van der Waals surface area contributed by atoms with Crippen LogP contribution in [0.1, 0.15) is 39.5 Å². The zero-order valence-corrected chi connectivity index (χ0v) is 9.10. The summed E-state index contributed by atoms with van der Waals surface area (Å²) in [5.41, 5.74) is 0. The van der Waals surface area contributed by atoms with Gasteiger partial charge in [0.05, 0.1) is 0 Å². The predicted octanol–water partition coefficient (Wildman–Crippen LogP) is 3.64. The van der Waals surface area contributed by atoms with Crippen LogP contribution in [0.5, 0.6) is 0 Å². The molecule has 1 heteroatoms. The minimum absolute atomic E-state index is 0.882. The van der Waals surface area contributed by atoms with Gasteiger partial charge in [-0.25, -0.2) is 0 Å². The molecular formula is C9H17I. The first-order chi connectivity index (χ1) is 4.68. The highest BCUT2D eigenvalue weighted by Crippen LogP contribution is 2.34. The summed E-state index contributed by atoms with van der Waals surface area (Å²) >= 11 is 2.54. The highest BCUT2D eigenvalue weighted by molar-refractivity contribution is 14.1. The Balaban J connectivity index is 2.18. The molecule has 10 heavy (non-hydrogen) atoms. The monoisotopic (exact) mass is 252 g/mol. The van der Waals surface area contributed by atoms with Crippen molar-refractivity contribution < 1.29 is 0 Å². The van der Waals surface area contributed by atoms with Crippen LogP contribution in [-0.2, 0) is 0 Å². The lowest BCUT2D eigenvalue weighted by atomic mass is 10.0. The van der Waals surface area contributed by atoms with Crippen molar-refractivity contribution in [2.75, 3.05) is 0 Å². The third-order valence-corrected chi connectivity index (χ3v) is 2.97. The van der Waals surface area contributed by atoms with Crippen molar-refractivity contribution in [2.24, 2.45) is 11.8 Å². The van der Waals surface area contributed by atoms with Gasteiger partial charge in [-0.2, -0.15) is 0 Å². The van der Waals surface area contributed by atoms with E-state index in [1.165, 1.54) is 25.7 Å². The molecule has 1 aliphatic rings. The Morgan fingerprint density at radius 3 is 2.60 bits per heavy atom. The molecule has 1 rings (SSSR count). The minimum atomic E-state index is 0.882. The molecule has 1 fully saturated rings. The minimum Gasteiger partial charge on any atom is -0.0829 e. The van der Waals surface area contributed by atoms with Crippen molar-refractivity contribution in [1.29, 1.82) is 0 Å². The van der Waals surface area contributed by atoms with Crippen molar-refractivity contribution in [3.8, 4) is 0 Å². The van der Waals surface area contributed by atoms with Crippen molar-refractivity contribution in [2.45, 2.75) is 43.5 Å². The Bertz CT molecular complexity index is 98.9. The standard InChI is InChI=1S/C9H17I/c1-7-3-4-9(5-7)6-8(2)10/h7-9H,3-6H2,1-2H3/t7-,8?,9?/m0/s1. The molecule has 0 N–H and O–H groups in total. The zero-order chi connectivity index (χ0) is 7.56. The third kappa shape index (κ3) is 2.77. The van der Waals surface area contributed by atoms with Gasteiger partial charge in [-0.3, -0.25) is 0 Å². The van der Waals surface area contributed by atoms with Gasteiger partial charge in [0, 0.05) is 3.92 Å². The second kappa shape index (κ2) is 3.93. The SMILES string of the molecule is CC(I)CC1CC[C@H](C)C1. The summed E-state index contributed by atoms with van der Waals surface area (Å²) in [4.78, 5) is 0. The smallest absolute Gasteiger partial charge is 0.00839 e. The molecule has 0 radical (unpaired) electrons. The van der Waals surface area contributed by atoms with E-state index in [2.05, 4.69) is 36.4 Å². The summed E-state index contributed by atoms with van der Waals surface area (Å²) < 4.78 is 0.882. The van der Waals surface area contributed by atoms with Gasteiger partial charge >= 0.3 is 0 Å². The molecule has 1 aliphatic carbocycles. The van der Waals surface area contributed by atoms with Crippen LogP contribution in [0.4, 0.5) is 0 Å². The maximum Gasteiger partial charge on any atom is 0.00839 e. The molecule has 0 heterocycles. The van der Waals surface area contributed by atoms with Gasteiger partial charge in [-0.05, 0) is 24.7 Å². The zero-order valence-electron chi connectivity index (χ0n) is 6.94. The van der Waals surface area contributed by atoms with Crippen LogP contribution in [0.2, 0.25) is 0 Å². The first kappa shape index (κ1) is 8.82. The Labute approximate surface area is 77.9 Å². The van der Waals surface area contributed by atoms with Gasteiger partial charge in [0.15, 0.2) is 0 Å². The molecule has 0 aromatic carbocycles. The van der Waals surface area contributed by atoms with Crippen molar-refractivity contribution >= 4 is 22.6 Å². The Morgan fingerprint density at radius 2 is 2.20 bits per heavy atom. The lowest BCUT2D eigenvalue weighted by Crippen LogP contribution is -2.01. The van der Waals surface area contributed by atoms with E-state index >= 15 is 0 Å². The number of hydrogen-bond acceptors (Lipinski definition) is 0. The summed E-state index contributed by atoms with van der Waals surface area (Å²) in [6, 6.07) is 0. The Hall–Kier alpha value is 0.730. The molecule has 0 aliphatic heterocycles. The van der Waals surface area contributed by atoms with Crippen LogP contribution < -0.4 is 0 Å². The van der Waals surface area contributed by atoms with Crippen molar-refractivity contribution in [1.82, 2.24) is 0 Å².